The van der Waals surface area contributed by atoms with Gasteiger partial charge in [0.25, 0.3) is 0 Å². The van der Waals surface area contributed by atoms with Gasteiger partial charge in [0.1, 0.15) is 0 Å². The minimum atomic E-state index is -4.87. The number of carboxylic acids is 1. The number of alkyl halides is 3. The molecule has 2 bridgehead atoms. The molecule has 102 valence electrons. The van der Waals surface area contributed by atoms with Crippen molar-refractivity contribution < 1.29 is 27.9 Å². The standard InChI is InChI=1S/C11H14F3NO3/c12-11(13,14)10(18)15-8-4-5-1-2-6(8)3-7(5)9(16)17/h5-8H,1-4H2,(H,15,18)(H,16,17)/t5-,6-,7-,8-/m1/s1. The van der Waals surface area contributed by atoms with Crippen molar-refractivity contribution in [3.63, 3.8) is 0 Å². The van der Waals surface area contributed by atoms with Crippen molar-refractivity contribution in [3.05, 3.63) is 0 Å². The molecule has 3 fully saturated rings. The molecular formula is C11H14F3NO3. The van der Waals surface area contributed by atoms with Crippen LogP contribution in [0.5, 0.6) is 0 Å². The van der Waals surface area contributed by atoms with Crippen LogP contribution in [0.4, 0.5) is 13.2 Å². The number of nitrogens with one attached hydrogen (secondary N) is 1. The average Bonchev–Trinajstić information content (AvgIpc) is 2.28. The van der Waals surface area contributed by atoms with Gasteiger partial charge in [-0.1, -0.05) is 0 Å². The maximum atomic E-state index is 12.1. The monoisotopic (exact) mass is 265 g/mol. The van der Waals surface area contributed by atoms with Gasteiger partial charge in [-0.15, -0.1) is 0 Å². The second-order valence-corrected chi connectivity index (χ2v) is 5.09. The van der Waals surface area contributed by atoms with Crippen LogP contribution < -0.4 is 5.32 Å². The Bertz CT molecular complexity index is 369. The molecule has 0 heterocycles. The highest BCUT2D eigenvalue weighted by atomic mass is 19.4. The smallest absolute Gasteiger partial charge is 0.471 e. The number of amides is 1. The summed E-state index contributed by atoms with van der Waals surface area (Å²) in [7, 11) is 0. The highest BCUT2D eigenvalue weighted by Crippen LogP contribution is 2.45. The molecule has 0 aliphatic heterocycles. The molecule has 4 nitrogen and oxygen atoms in total. The highest BCUT2D eigenvalue weighted by Gasteiger charge is 2.47. The van der Waals surface area contributed by atoms with Crippen LogP contribution in [-0.4, -0.2) is 29.2 Å². The molecule has 0 saturated heterocycles. The first-order chi connectivity index (χ1) is 8.29. The van der Waals surface area contributed by atoms with Crippen molar-refractivity contribution in [3.8, 4) is 0 Å². The predicted octanol–water partition coefficient (Wildman–Crippen LogP) is 1.55. The minimum absolute atomic E-state index is 0.119. The van der Waals surface area contributed by atoms with Gasteiger partial charge in [0, 0.05) is 6.04 Å². The van der Waals surface area contributed by atoms with Crippen molar-refractivity contribution >= 4 is 11.9 Å². The van der Waals surface area contributed by atoms with Crippen molar-refractivity contribution in [2.24, 2.45) is 17.8 Å². The summed E-state index contributed by atoms with van der Waals surface area (Å²) in [6.07, 6.45) is -2.76. The topological polar surface area (TPSA) is 66.4 Å². The lowest BCUT2D eigenvalue weighted by molar-refractivity contribution is -0.176. The molecule has 3 aliphatic rings. The Labute approximate surface area is 102 Å². The van der Waals surface area contributed by atoms with E-state index in [9.17, 15) is 22.8 Å². The van der Waals surface area contributed by atoms with Crippen LogP contribution in [0.2, 0.25) is 0 Å². The molecule has 4 atom stereocenters. The number of fused-ring (bicyclic) bond motifs is 3. The highest BCUT2D eigenvalue weighted by molar-refractivity contribution is 5.82. The molecule has 3 saturated carbocycles. The van der Waals surface area contributed by atoms with Crippen LogP contribution in [-0.2, 0) is 9.59 Å². The van der Waals surface area contributed by atoms with E-state index in [2.05, 4.69) is 0 Å². The third-order valence-electron chi connectivity index (χ3n) is 4.05. The number of halogens is 3. The zero-order valence-corrected chi connectivity index (χ0v) is 9.54. The fourth-order valence-corrected chi connectivity index (χ4v) is 3.16. The Hall–Kier alpha value is -1.27. The van der Waals surface area contributed by atoms with E-state index in [1.165, 1.54) is 0 Å². The summed E-state index contributed by atoms with van der Waals surface area (Å²) in [5.74, 6) is -3.55. The lowest BCUT2D eigenvalue weighted by atomic mass is 9.62. The van der Waals surface area contributed by atoms with Gasteiger partial charge in [-0.2, -0.15) is 13.2 Å². The van der Waals surface area contributed by atoms with Crippen LogP contribution in [0.15, 0.2) is 0 Å². The maximum Gasteiger partial charge on any atom is 0.471 e. The quantitative estimate of drug-likeness (QED) is 0.796. The van der Waals surface area contributed by atoms with E-state index < -0.39 is 30.0 Å². The lowest BCUT2D eigenvalue weighted by Crippen LogP contribution is -2.53. The summed E-state index contributed by atoms with van der Waals surface area (Å²) in [6.45, 7) is 0. The number of aliphatic carboxylic acids is 1. The Balaban J connectivity index is 1.99. The summed E-state index contributed by atoms with van der Waals surface area (Å²) >= 11 is 0. The van der Waals surface area contributed by atoms with Crippen LogP contribution in [0, 0.1) is 17.8 Å². The van der Waals surface area contributed by atoms with Crippen LogP contribution in [0.3, 0.4) is 0 Å². The summed E-state index contributed by atoms with van der Waals surface area (Å²) in [4.78, 5) is 21.8. The number of hydrogen-bond donors (Lipinski definition) is 2. The molecule has 0 aromatic heterocycles. The number of carbonyl (C=O) groups excluding carboxylic acids is 1. The average molecular weight is 265 g/mol. The van der Waals surface area contributed by atoms with E-state index in [0.717, 1.165) is 6.42 Å². The Morgan fingerprint density at radius 1 is 1.11 bits per heavy atom. The Morgan fingerprint density at radius 2 is 1.72 bits per heavy atom. The molecule has 0 aromatic rings. The molecule has 0 radical (unpaired) electrons. The molecule has 0 aromatic carbocycles. The fourth-order valence-electron chi connectivity index (χ4n) is 3.16. The third kappa shape index (κ3) is 2.44. The molecule has 3 rings (SSSR count). The molecule has 2 N–H and O–H groups in total. The lowest BCUT2D eigenvalue weighted by Gasteiger charge is -2.45. The molecule has 1 amide bonds. The normalized spacial score (nSPS) is 35.3. The van der Waals surface area contributed by atoms with Gasteiger partial charge in [-0.05, 0) is 37.5 Å². The first-order valence-electron chi connectivity index (χ1n) is 5.89. The van der Waals surface area contributed by atoms with Gasteiger partial charge in [0.15, 0.2) is 0 Å². The second-order valence-electron chi connectivity index (χ2n) is 5.09. The van der Waals surface area contributed by atoms with Crippen molar-refractivity contribution in [2.75, 3.05) is 0 Å². The van der Waals surface area contributed by atoms with Gasteiger partial charge in [-0.25, -0.2) is 0 Å². The van der Waals surface area contributed by atoms with Gasteiger partial charge in [0.2, 0.25) is 0 Å². The molecule has 3 aliphatic carbocycles. The first kappa shape index (κ1) is 13.2. The zero-order valence-electron chi connectivity index (χ0n) is 9.54. The fraction of sp³-hybridized carbons (Fsp3) is 0.818. The van der Waals surface area contributed by atoms with E-state index in [-0.39, 0.29) is 11.8 Å². The van der Waals surface area contributed by atoms with E-state index in [0.29, 0.717) is 19.3 Å². The van der Waals surface area contributed by atoms with Crippen LogP contribution in [0.25, 0.3) is 0 Å². The second kappa shape index (κ2) is 4.44. The largest absolute Gasteiger partial charge is 0.481 e. The molecule has 18 heavy (non-hydrogen) atoms. The predicted molar refractivity (Wildman–Crippen MR) is 54.6 cm³/mol. The van der Waals surface area contributed by atoms with Crippen molar-refractivity contribution in [1.29, 1.82) is 0 Å². The van der Waals surface area contributed by atoms with E-state index in [1.807, 2.05) is 5.32 Å². The van der Waals surface area contributed by atoms with Crippen LogP contribution in [0.1, 0.15) is 25.7 Å². The van der Waals surface area contributed by atoms with Gasteiger partial charge in [0.05, 0.1) is 5.92 Å². The number of rotatable bonds is 2. The van der Waals surface area contributed by atoms with E-state index >= 15 is 0 Å². The van der Waals surface area contributed by atoms with Crippen molar-refractivity contribution in [2.45, 2.75) is 37.9 Å². The summed E-state index contributed by atoms with van der Waals surface area (Å²) < 4.78 is 36.4. The number of hydrogen-bond acceptors (Lipinski definition) is 2. The zero-order chi connectivity index (χ0) is 13.5. The van der Waals surface area contributed by atoms with Gasteiger partial charge in [-0.3, -0.25) is 9.59 Å². The molecule has 0 spiro atoms. The number of carboxylic acid groups (broad SMARTS) is 1. The summed E-state index contributed by atoms with van der Waals surface area (Å²) in [5, 5.41) is 11.0. The first-order valence-corrected chi connectivity index (χ1v) is 5.89. The van der Waals surface area contributed by atoms with E-state index in [1.54, 1.807) is 0 Å². The SMILES string of the molecule is O=C(O)[C@@H]1C[C@H]2CC[C@@H]1C[C@H]2NC(=O)C(F)(F)F. The number of carbonyl (C=O) groups is 2. The third-order valence-corrected chi connectivity index (χ3v) is 4.05. The van der Waals surface area contributed by atoms with E-state index in [4.69, 9.17) is 5.11 Å². The Morgan fingerprint density at radius 3 is 2.17 bits per heavy atom. The van der Waals surface area contributed by atoms with Gasteiger partial charge < -0.3 is 10.4 Å². The summed E-state index contributed by atoms with van der Waals surface area (Å²) in [5.41, 5.74) is 0. The molecule has 0 unspecified atom stereocenters. The van der Waals surface area contributed by atoms with Crippen LogP contribution >= 0.6 is 0 Å². The molecule has 7 heteroatoms. The summed E-state index contributed by atoms with van der Waals surface area (Å²) in [6, 6.07) is -0.534. The molecular weight excluding hydrogens is 251 g/mol. The van der Waals surface area contributed by atoms with Gasteiger partial charge >= 0.3 is 18.1 Å². The Kier molecular flexibility index (Phi) is 3.25. The minimum Gasteiger partial charge on any atom is -0.481 e. The van der Waals surface area contributed by atoms with Crippen molar-refractivity contribution in [1.82, 2.24) is 5.32 Å². The maximum absolute atomic E-state index is 12.1.